The molecule has 110 valence electrons. The number of rotatable bonds is 6. The standard InChI is InChI=1S/C14H20N2O4/c1-8(2)6-10(14(19)20)7-15-12(17)11-5-4-9(3)16-13(11)18/h4-5,8,10H,6-7H2,1-3H3,(H,15,17)(H,16,18)(H,19,20). The number of carboxylic acid groups (broad SMARTS) is 1. The molecule has 1 amide bonds. The lowest BCUT2D eigenvalue weighted by atomic mass is 9.97. The van der Waals surface area contributed by atoms with Gasteiger partial charge in [0.05, 0.1) is 5.92 Å². The predicted octanol–water partition coefficient (Wildman–Crippen LogP) is 1.16. The Morgan fingerprint density at radius 1 is 1.35 bits per heavy atom. The highest BCUT2D eigenvalue weighted by molar-refractivity contribution is 5.94. The zero-order valence-corrected chi connectivity index (χ0v) is 11.9. The summed E-state index contributed by atoms with van der Waals surface area (Å²) in [5.41, 5.74) is 0.178. The predicted molar refractivity (Wildman–Crippen MR) is 74.7 cm³/mol. The molecular formula is C14H20N2O4. The van der Waals surface area contributed by atoms with Crippen LogP contribution in [0, 0.1) is 18.8 Å². The van der Waals surface area contributed by atoms with Crippen LogP contribution >= 0.6 is 0 Å². The first-order chi connectivity index (χ1) is 9.31. The lowest BCUT2D eigenvalue weighted by Gasteiger charge is -2.15. The molecule has 20 heavy (non-hydrogen) atoms. The van der Waals surface area contributed by atoms with Gasteiger partial charge in [0.2, 0.25) is 0 Å². The van der Waals surface area contributed by atoms with Crippen molar-refractivity contribution in [2.45, 2.75) is 27.2 Å². The van der Waals surface area contributed by atoms with Crippen LogP contribution in [-0.2, 0) is 4.79 Å². The van der Waals surface area contributed by atoms with E-state index in [1.807, 2.05) is 13.8 Å². The zero-order chi connectivity index (χ0) is 15.3. The smallest absolute Gasteiger partial charge is 0.308 e. The molecule has 1 atom stereocenters. The van der Waals surface area contributed by atoms with Crippen LogP contribution in [0.15, 0.2) is 16.9 Å². The second-order valence-corrected chi connectivity index (χ2v) is 5.26. The first kappa shape index (κ1) is 15.9. The summed E-state index contributed by atoms with van der Waals surface area (Å²) < 4.78 is 0. The lowest BCUT2D eigenvalue weighted by Crippen LogP contribution is -2.36. The van der Waals surface area contributed by atoms with Crippen LogP contribution in [-0.4, -0.2) is 28.5 Å². The number of hydrogen-bond donors (Lipinski definition) is 3. The number of carboxylic acids is 1. The van der Waals surface area contributed by atoms with Gasteiger partial charge in [-0.15, -0.1) is 0 Å². The van der Waals surface area contributed by atoms with Gasteiger partial charge in [-0.1, -0.05) is 13.8 Å². The quantitative estimate of drug-likeness (QED) is 0.728. The highest BCUT2D eigenvalue weighted by atomic mass is 16.4. The van der Waals surface area contributed by atoms with Crippen molar-refractivity contribution in [2.24, 2.45) is 11.8 Å². The minimum Gasteiger partial charge on any atom is -0.481 e. The number of hydrogen-bond acceptors (Lipinski definition) is 3. The zero-order valence-electron chi connectivity index (χ0n) is 11.9. The van der Waals surface area contributed by atoms with Crippen molar-refractivity contribution in [3.05, 3.63) is 33.7 Å². The molecule has 1 aromatic rings. The molecular weight excluding hydrogens is 260 g/mol. The molecule has 1 heterocycles. The molecule has 0 aliphatic heterocycles. The molecule has 0 aliphatic rings. The Morgan fingerprint density at radius 3 is 2.50 bits per heavy atom. The molecule has 0 aliphatic carbocycles. The summed E-state index contributed by atoms with van der Waals surface area (Å²) in [5, 5.41) is 11.6. The van der Waals surface area contributed by atoms with E-state index in [1.165, 1.54) is 6.07 Å². The topological polar surface area (TPSA) is 99.3 Å². The van der Waals surface area contributed by atoms with E-state index in [0.717, 1.165) is 0 Å². The number of aromatic nitrogens is 1. The molecule has 0 bridgehead atoms. The van der Waals surface area contributed by atoms with Gasteiger partial charge >= 0.3 is 5.97 Å². The fraction of sp³-hybridized carbons (Fsp3) is 0.500. The van der Waals surface area contributed by atoms with Gasteiger partial charge in [-0.2, -0.15) is 0 Å². The van der Waals surface area contributed by atoms with E-state index in [9.17, 15) is 14.4 Å². The number of aliphatic carboxylic acids is 1. The van der Waals surface area contributed by atoms with Crippen molar-refractivity contribution in [3.8, 4) is 0 Å². The van der Waals surface area contributed by atoms with Crippen molar-refractivity contribution in [1.29, 1.82) is 0 Å². The number of amides is 1. The summed E-state index contributed by atoms with van der Waals surface area (Å²) in [6, 6.07) is 3.06. The molecule has 6 nitrogen and oxygen atoms in total. The van der Waals surface area contributed by atoms with Crippen LogP contribution in [0.5, 0.6) is 0 Å². The lowest BCUT2D eigenvalue weighted by molar-refractivity contribution is -0.142. The Morgan fingerprint density at radius 2 is 2.00 bits per heavy atom. The average Bonchev–Trinajstić information content (AvgIpc) is 2.33. The minimum atomic E-state index is -0.947. The van der Waals surface area contributed by atoms with Gasteiger partial charge in [-0.3, -0.25) is 14.4 Å². The number of aromatic amines is 1. The van der Waals surface area contributed by atoms with Gasteiger partial charge < -0.3 is 15.4 Å². The molecule has 0 aromatic carbocycles. The Labute approximate surface area is 117 Å². The highest BCUT2D eigenvalue weighted by Gasteiger charge is 2.20. The van der Waals surface area contributed by atoms with E-state index < -0.39 is 23.4 Å². The third-order valence-corrected chi connectivity index (χ3v) is 2.91. The Balaban J connectivity index is 2.70. The number of carbonyl (C=O) groups excluding carboxylic acids is 1. The van der Waals surface area contributed by atoms with Crippen LogP contribution in [0.2, 0.25) is 0 Å². The summed E-state index contributed by atoms with van der Waals surface area (Å²) in [7, 11) is 0. The molecule has 0 saturated carbocycles. The third kappa shape index (κ3) is 4.53. The summed E-state index contributed by atoms with van der Waals surface area (Å²) >= 11 is 0. The Bertz CT molecular complexity index is 548. The van der Waals surface area contributed by atoms with E-state index in [0.29, 0.717) is 12.1 Å². The maximum Gasteiger partial charge on any atom is 0.308 e. The summed E-state index contributed by atoms with van der Waals surface area (Å²) in [6.07, 6.45) is 0.472. The molecule has 0 fully saturated rings. The second kappa shape index (κ2) is 6.88. The molecule has 1 rings (SSSR count). The van der Waals surface area contributed by atoms with Gasteiger partial charge in [0, 0.05) is 12.2 Å². The van der Waals surface area contributed by atoms with Gasteiger partial charge in [0.25, 0.3) is 11.5 Å². The Hall–Kier alpha value is -2.11. The van der Waals surface area contributed by atoms with Gasteiger partial charge in [-0.25, -0.2) is 0 Å². The molecule has 6 heteroatoms. The largest absolute Gasteiger partial charge is 0.481 e. The second-order valence-electron chi connectivity index (χ2n) is 5.26. The van der Waals surface area contributed by atoms with E-state index in [4.69, 9.17) is 5.11 Å². The normalized spacial score (nSPS) is 12.2. The van der Waals surface area contributed by atoms with Crippen molar-refractivity contribution in [1.82, 2.24) is 10.3 Å². The van der Waals surface area contributed by atoms with Crippen molar-refractivity contribution in [3.63, 3.8) is 0 Å². The van der Waals surface area contributed by atoms with Crippen LogP contribution in [0.1, 0.15) is 36.3 Å². The highest BCUT2D eigenvalue weighted by Crippen LogP contribution is 2.11. The van der Waals surface area contributed by atoms with Crippen LogP contribution < -0.4 is 10.9 Å². The summed E-state index contributed by atoms with van der Waals surface area (Å²) in [5.74, 6) is -1.93. The van der Waals surface area contributed by atoms with Gasteiger partial charge in [0.1, 0.15) is 5.56 Å². The number of carbonyl (C=O) groups is 2. The number of H-pyrrole nitrogens is 1. The molecule has 3 N–H and O–H groups in total. The van der Waals surface area contributed by atoms with E-state index in [1.54, 1.807) is 13.0 Å². The minimum absolute atomic E-state index is 0.00992. The van der Waals surface area contributed by atoms with Gasteiger partial charge in [-0.05, 0) is 31.4 Å². The van der Waals surface area contributed by atoms with Crippen LogP contribution in [0.4, 0.5) is 0 Å². The maximum absolute atomic E-state index is 11.9. The van der Waals surface area contributed by atoms with Crippen LogP contribution in [0.3, 0.4) is 0 Å². The number of nitrogens with one attached hydrogen (secondary N) is 2. The SMILES string of the molecule is Cc1ccc(C(=O)NCC(CC(C)C)C(=O)O)c(=O)[nH]1. The summed E-state index contributed by atoms with van der Waals surface area (Å²) in [6.45, 7) is 5.57. The maximum atomic E-state index is 11.9. The fourth-order valence-corrected chi connectivity index (χ4v) is 1.90. The van der Waals surface area contributed by atoms with E-state index >= 15 is 0 Å². The molecule has 1 aromatic heterocycles. The molecule has 1 unspecified atom stereocenters. The first-order valence-corrected chi connectivity index (χ1v) is 6.52. The van der Waals surface area contributed by atoms with Crippen molar-refractivity contribution >= 4 is 11.9 Å². The van der Waals surface area contributed by atoms with Crippen LogP contribution in [0.25, 0.3) is 0 Å². The Kier molecular flexibility index (Phi) is 5.49. The van der Waals surface area contributed by atoms with Crippen molar-refractivity contribution in [2.75, 3.05) is 6.54 Å². The molecule has 0 saturated heterocycles. The average molecular weight is 280 g/mol. The summed E-state index contributed by atoms with van der Waals surface area (Å²) in [4.78, 5) is 37.1. The van der Waals surface area contributed by atoms with E-state index in [2.05, 4.69) is 10.3 Å². The molecule has 0 radical (unpaired) electrons. The third-order valence-electron chi connectivity index (χ3n) is 2.91. The number of aryl methyl sites for hydroxylation is 1. The number of pyridine rings is 1. The monoisotopic (exact) mass is 280 g/mol. The van der Waals surface area contributed by atoms with E-state index in [-0.39, 0.29) is 18.0 Å². The first-order valence-electron chi connectivity index (χ1n) is 6.52. The van der Waals surface area contributed by atoms with Crippen molar-refractivity contribution < 1.29 is 14.7 Å². The molecule has 0 spiro atoms. The van der Waals surface area contributed by atoms with Gasteiger partial charge in [0.15, 0.2) is 0 Å². The fourth-order valence-electron chi connectivity index (χ4n) is 1.90.